The molecule has 0 amide bonds. The smallest absolute Gasteiger partial charge is 0.367 e. The van der Waals surface area contributed by atoms with Crippen LogP contribution in [0.4, 0.5) is 10.2 Å². The van der Waals surface area contributed by atoms with E-state index in [0.717, 1.165) is 5.56 Å². The Morgan fingerprint density at radius 1 is 1.52 bits per heavy atom. The molecule has 1 fully saturated rings. The topological polar surface area (TPSA) is 74.4 Å². The van der Waals surface area contributed by atoms with Gasteiger partial charge in [-0.3, -0.25) is 0 Å². The van der Waals surface area contributed by atoms with Crippen LogP contribution in [0.2, 0.25) is 0 Å². The van der Waals surface area contributed by atoms with Crippen molar-refractivity contribution < 1.29 is 18.8 Å². The average Bonchev–Trinajstić information content (AvgIpc) is 2.86. The van der Waals surface area contributed by atoms with Gasteiger partial charge >= 0.3 is 11.8 Å². The fourth-order valence-corrected chi connectivity index (χ4v) is 3.36. The number of hydrogen-bond donors (Lipinski definition) is 0. The summed E-state index contributed by atoms with van der Waals surface area (Å²) in [6, 6.07) is 1.50. The van der Waals surface area contributed by atoms with Crippen molar-refractivity contribution in [2.75, 3.05) is 0 Å². The first kappa shape index (κ1) is 20.7. The highest BCUT2D eigenvalue weighted by Gasteiger charge is 2.56. The van der Waals surface area contributed by atoms with Crippen molar-refractivity contribution in [1.29, 1.82) is 0 Å². The Bertz CT molecular complexity index is 824. The molecule has 0 saturated heterocycles. The van der Waals surface area contributed by atoms with Gasteiger partial charge in [0.25, 0.3) is 0 Å². The Morgan fingerprint density at radius 2 is 2.15 bits per heavy atom. The third kappa shape index (κ3) is 4.76. The van der Waals surface area contributed by atoms with Gasteiger partial charge in [0.2, 0.25) is 5.83 Å². The Hall–Kier alpha value is -2.62. The number of aromatic nitrogens is 1. The predicted molar refractivity (Wildman–Crippen MR) is 99.4 cm³/mol. The SMILES string of the molecule is C#CCn1cc(C[C@@H]2C(/C=C(\F)C(=O)OC(C)(C)C)C2(C)C)cc1[N+](=O)[O-]. The monoisotopic (exact) mass is 376 g/mol. The van der Waals surface area contributed by atoms with Crippen LogP contribution in [-0.4, -0.2) is 21.1 Å². The summed E-state index contributed by atoms with van der Waals surface area (Å²) in [6.07, 6.45) is 8.77. The van der Waals surface area contributed by atoms with Gasteiger partial charge in [-0.2, -0.15) is 4.39 Å². The summed E-state index contributed by atoms with van der Waals surface area (Å²) in [7, 11) is 0. The van der Waals surface area contributed by atoms with Gasteiger partial charge in [0, 0.05) is 6.07 Å². The van der Waals surface area contributed by atoms with Crippen LogP contribution in [0.3, 0.4) is 0 Å². The second kappa shape index (κ2) is 7.18. The number of esters is 1. The lowest BCUT2D eigenvalue weighted by molar-refractivity contribution is -0.391. The van der Waals surface area contributed by atoms with E-state index in [1.54, 1.807) is 27.0 Å². The number of ether oxygens (including phenoxy) is 1. The molecule has 1 aliphatic carbocycles. The van der Waals surface area contributed by atoms with Crippen molar-refractivity contribution in [1.82, 2.24) is 4.57 Å². The molecule has 7 heteroatoms. The van der Waals surface area contributed by atoms with Crippen LogP contribution in [0.5, 0.6) is 0 Å². The van der Waals surface area contributed by atoms with Gasteiger partial charge in [0.1, 0.15) is 5.60 Å². The maximum Gasteiger partial charge on any atom is 0.367 e. The summed E-state index contributed by atoms with van der Waals surface area (Å²) in [5, 5.41) is 11.1. The summed E-state index contributed by atoms with van der Waals surface area (Å²) >= 11 is 0. The first-order valence-corrected chi connectivity index (χ1v) is 8.74. The molecule has 1 aromatic heterocycles. The number of carbonyl (C=O) groups is 1. The molecule has 1 saturated carbocycles. The lowest BCUT2D eigenvalue weighted by Gasteiger charge is -2.18. The van der Waals surface area contributed by atoms with Crippen molar-refractivity contribution in [2.45, 2.75) is 53.2 Å². The van der Waals surface area contributed by atoms with Crippen LogP contribution in [0.15, 0.2) is 24.2 Å². The van der Waals surface area contributed by atoms with E-state index in [9.17, 15) is 19.3 Å². The van der Waals surface area contributed by atoms with Crippen LogP contribution in [0.1, 0.15) is 40.2 Å². The maximum absolute atomic E-state index is 14.2. The molecule has 2 rings (SSSR count). The van der Waals surface area contributed by atoms with Crippen LogP contribution in [0, 0.1) is 39.7 Å². The molecule has 0 bridgehead atoms. The van der Waals surface area contributed by atoms with Crippen molar-refractivity contribution in [3.05, 3.63) is 39.8 Å². The number of nitro groups is 1. The van der Waals surface area contributed by atoms with Gasteiger partial charge in [-0.05, 0) is 61.0 Å². The largest absolute Gasteiger partial charge is 0.455 e. The summed E-state index contributed by atoms with van der Waals surface area (Å²) in [5.74, 6) is 0.365. The summed E-state index contributed by atoms with van der Waals surface area (Å²) in [4.78, 5) is 22.5. The lowest BCUT2D eigenvalue weighted by Crippen LogP contribution is -2.24. The van der Waals surface area contributed by atoms with Gasteiger partial charge in [-0.25, -0.2) is 9.36 Å². The number of halogens is 1. The van der Waals surface area contributed by atoms with E-state index >= 15 is 0 Å². The molecular weight excluding hydrogens is 351 g/mol. The molecule has 0 aliphatic heterocycles. The fourth-order valence-electron chi connectivity index (χ4n) is 3.36. The highest BCUT2D eigenvalue weighted by atomic mass is 19.1. The zero-order valence-electron chi connectivity index (χ0n) is 16.3. The second-order valence-electron chi connectivity index (χ2n) is 8.47. The summed E-state index contributed by atoms with van der Waals surface area (Å²) in [6.45, 7) is 9.10. The summed E-state index contributed by atoms with van der Waals surface area (Å²) < 4.78 is 20.7. The van der Waals surface area contributed by atoms with Gasteiger partial charge < -0.3 is 14.9 Å². The Kier molecular flexibility index (Phi) is 5.50. The lowest BCUT2D eigenvalue weighted by atomic mass is 10.0. The fraction of sp³-hybridized carbons (Fsp3) is 0.550. The zero-order chi connectivity index (χ0) is 20.6. The molecule has 0 aromatic carbocycles. The van der Waals surface area contributed by atoms with E-state index in [0.29, 0.717) is 6.42 Å². The molecule has 0 N–H and O–H groups in total. The molecule has 0 spiro atoms. The summed E-state index contributed by atoms with van der Waals surface area (Å²) in [5.41, 5.74) is -0.217. The van der Waals surface area contributed by atoms with Crippen LogP contribution in [0.25, 0.3) is 0 Å². The Morgan fingerprint density at radius 3 is 2.67 bits per heavy atom. The molecule has 1 unspecified atom stereocenters. The quantitative estimate of drug-likeness (QED) is 0.247. The Labute approximate surface area is 158 Å². The maximum atomic E-state index is 14.2. The highest BCUT2D eigenvalue weighted by Crippen LogP contribution is 2.60. The van der Waals surface area contributed by atoms with Crippen molar-refractivity contribution in [3.63, 3.8) is 0 Å². The molecule has 0 radical (unpaired) electrons. The third-order valence-electron chi connectivity index (χ3n) is 4.89. The molecule has 1 aliphatic rings. The first-order chi connectivity index (χ1) is 12.4. The molecule has 1 heterocycles. The zero-order valence-corrected chi connectivity index (χ0v) is 16.3. The van der Waals surface area contributed by atoms with Crippen LogP contribution < -0.4 is 0 Å². The number of terminal acetylenes is 1. The minimum atomic E-state index is -0.972. The number of allylic oxidation sites excluding steroid dienone is 1. The first-order valence-electron chi connectivity index (χ1n) is 8.74. The Balaban J connectivity index is 2.14. The minimum absolute atomic E-state index is 0.0616. The minimum Gasteiger partial charge on any atom is -0.455 e. The highest BCUT2D eigenvalue weighted by molar-refractivity contribution is 5.86. The molecule has 2 atom stereocenters. The van der Waals surface area contributed by atoms with E-state index in [2.05, 4.69) is 5.92 Å². The standard InChI is InChI=1S/C20H25FN2O4/c1-7-8-22-12-13(10-17(22)23(25)26)9-14-15(20(14,5)6)11-16(21)18(24)27-19(2,3)4/h1,10-12,14-15H,8-9H2,2-6H3/b16-11-/t14-,15?/m1/s1. The number of hydrogen-bond acceptors (Lipinski definition) is 4. The van der Waals surface area contributed by atoms with Crippen molar-refractivity contribution in [2.24, 2.45) is 17.3 Å². The van der Waals surface area contributed by atoms with Gasteiger partial charge in [0.15, 0.2) is 6.54 Å². The van der Waals surface area contributed by atoms with Crippen molar-refractivity contribution in [3.8, 4) is 12.3 Å². The van der Waals surface area contributed by atoms with E-state index in [-0.39, 0.29) is 29.6 Å². The molecule has 1 aromatic rings. The van der Waals surface area contributed by atoms with E-state index in [1.807, 2.05) is 13.8 Å². The number of rotatable bonds is 6. The molecule has 27 heavy (non-hydrogen) atoms. The molecule has 6 nitrogen and oxygen atoms in total. The van der Waals surface area contributed by atoms with E-state index < -0.39 is 22.3 Å². The van der Waals surface area contributed by atoms with Crippen LogP contribution >= 0.6 is 0 Å². The van der Waals surface area contributed by atoms with Gasteiger partial charge in [-0.15, -0.1) is 6.42 Å². The van der Waals surface area contributed by atoms with Crippen molar-refractivity contribution >= 4 is 11.8 Å². The second-order valence-corrected chi connectivity index (χ2v) is 8.47. The van der Waals surface area contributed by atoms with Crippen LogP contribution in [-0.2, 0) is 22.5 Å². The molecular formula is C20H25FN2O4. The number of carbonyl (C=O) groups excluding carboxylic acids is 1. The van der Waals surface area contributed by atoms with Gasteiger partial charge in [0.05, 0.1) is 6.20 Å². The van der Waals surface area contributed by atoms with E-state index in [1.165, 1.54) is 16.7 Å². The van der Waals surface area contributed by atoms with Gasteiger partial charge in [-0.1, -0.05) is 19.8 Å². The van der Waals surface area contributed by atoms with E-state index in [4.69, 9.17) is 11.2 Å². The number of nitrogens with zero attached hydrogens (tertiary/aromatic N) is 2. The predicted octanol–water partition coefficient (Wildman–Crippen LogP) is 4.04. The third-order valence-corrected chi connectivity index (χ3v) is 4.89. The molecule has 146 valence electrons. The average molecular weight is 376 g/mol. The normalized spacial score (nSPS) is 21.4.